The largest absolute Gasteiger partial charge is 0.392 e. The van der Waals surface area contributed by atoms with Crippen LogP contribution >= 0.6 is 0 Å². The number of hydrogen-bond acceptors (Lipinski definition) is 3. The maximum Gasteiger partial charge on any atom is 0.233 e. The predicted molar refractivity (Wildman–Crippen MR) is 91.6 cm³/mol. The van der Waals surface area contributed by atoms with Crippen LogP contribution in [-0.4, -0.2) is 47.8 Å². The number of aliphatic hydroxyl groups is 1. The van der Waals surface area contributed by atoms with E-state index < -0.39 is 0 Å². The summed E-state index contributed by atoms with van der Waals surface area (Å²) in [6.07, 6.45) is 4.28. The van der Waals surface area contributed by atoms with Gasteiger partial charge in [0.1, 0.15) is 0 Å². The van der Waals surface area contributed by atoms with Crippen molar-refractivity contribution < 1.29 is 14.6 Å². The average molecular weight is 329 g/mol. The van der Waals surface area contributed by atoms with Crippen molar-refractivity contribution in [3.05, 3.63) is 35.9 Å². The zero-order chi connectivity index (χ0) is 16.8. The van der Waals surface area contributed by atoms with Crippen molar-refractivity contribution in [3.63, 3.8) is 0 Å². The monoisotopic (exact) mass is 329 g/mol. The lowest BCUT2D eigenvalue weighted by Crippen LogP contribution is -2.63. The van der Waals surface area contributed by atoms with E-state index in [1.165, 1.54) is 0 Å². The van der Waals surface area contributed by atoms with E-state index in [-0.39, 0.29) is 28.9 Å². The topological polar surface area (TPSA) is 49.8 Å². The number of carbonyl (C=O) groups excluding carboxylic acids is 1. The Morgan fingerprint density at radius 3 is 2.42 bits per heavy atom. The molecule has 1 heterocycles. The first kappa shape index (κ1) is 16.1. The van der Waals surface area contributed by atoms with Crippen molar-refractivity contribution in [3.8, 4) is 0 Å². The molecule has 3 aliphatic rings. The van der Waals surface area contributed by atoms with Gasteiger partial charge in [0.25, 0.3) is 0 Å². The van der Waals surface area contributed by atoms with E-state index >= 15 is 0 Å². The molecule has 1 spiro atoms. The molecule has 0 unspecified atom stereocenters. The number of carbonyl (C=O) groups is 1. The molecule has 1 aromatic carbocycles. The first-order chi connectivity index (χ1) is 11.6. The van der Waals surface area contributed by atoms with Crippen LogP contribution < -0.4 is 0 Å². The zero-order valence-corrected chi connectivity index (χ0v) is 14.4. The maximum absolute atomic E-state index is 13.1. The Labute approximate surface area is 143 Å². The number of rotatable bonds is 4. The first-order valence-electron chi connectivity index (χ1n) is 9.27. The lowest BCUT2D eigenvalue weighted by molar-refractivity contribution is -0.210. The number of aliphatic hydroxyl groups excluding tert-OH is 1. The minimum absolute atomic E-state index is 0.115. The molecule has 0 radical (unpaired) electrons. The summed E-state index contributed by atoms with van der Waals surface area (Å²) in [6, 6.07) is 10.2. The highest BCUT2D eigenvalue weighted by atomic mass is 16.5. The molecule has 1 aliphatic heterocycles. The number of likely N-dealkylation sites (tertiary alicyclic amines) is 1. The fourth-order valence-corrected chi connectivity index (χ4v) is 4.75. The molecule has 4 heteroatoms. The van der Waals surface area contributed by atoms with Gasteiger partial charge in [0.05, 0.1) is 17.6 Å². The quantitative estimate of drug-likeness (QED) is 0.923. The highest BCUT2D eigenvalue weighted by molar-refractivity contribution is 5.91. The molecular weight excluding hydrogens is 302 g/mol. The van der Waals surface area contributed by atoms with Crippen LogP contribution in [-0.2, 0) is 14.9 Å². The molecule has 1 N–H and O–H groups in total. The second kappa shape index (κ2) is 5.85. The third-order valence-corrected chi connectivity index (χ3v) is 6.58. The van der Waals surface area contributed by atoms with Crippen molar-refractivity contribution in [2.24, 2.45) is 5.41 Å². The molecule has 2 saturated carbocycles. The van der Waals surface area contributed by atoms with Gasteiger partial charge in [0.15, 0.2) is 0 Å². The number of nitrogens with zero attached hydrogens (tertiary/aromatic N) is 1. The molecule has 0 bridgehead atoms. The fourth-order valence-electron chi connectivity index (χ4n) is 4.75. The summed E-state index contributed by atoms with van der Waals surface area (Å²) in [5.74, 6) is 0.283. The molecule has 4 rings (SSSR count). The van der Waals surface area contributed by atoms with Gasteiger partial charge in [0.2, 0.25) is 5.91 Å². The Morgan fingerprint density at radius 1 is 1.21 bits per heavy atom. The average Bonchev–Trinajstić information content (AvgIpc) is 3.44. The summed E-state index contributed by atoms with van der Waals surface area (Å²) in [5.41, 5.74) is 0.769. The highest BCUT2D eigenvalue weighted by Gasteiger charge is 2.58. The van der Waals surface area contributed by atoms with Crippen molar-refractivity contribution in [1.29, 1.82) is 0 Å². The predicted octanol–water partition coefficient (Wildman–Crippen LogP) is 2.50. The van der Waals surface area contributed by atoms with Crippen molar-refractivity contribution >= 4 is 5.91 Å². The smallest absolute Gasteiger partial charge is 0.233 e. The standard InChI is InChI=1S/C20H27NO3/c1-2-24-17-14-16(22)20(17)10-12-21(13-11-20)18(23)19(8-9-19)15-6-4-3-5-7-15/h3-7,16-17,22H,2,8-14H2,1H3/t16-,17-/m0/s1. The summed E-state index contributed by atoms with van der Waals surface area (Å²) in [7, 11) is 0. The molecule has 2 aliphatic carbocycles. The molecule has 1 amide bonds. The molecule has 4 nitrogen and oxygen atoms in total. The van der Waals surface area contributed by atoms with E-state index in [1.807, 2.05) is 30.0 Å². The lowest BCUT2D eigenvalue weighted by Gasteiger charge is -2.56. The van der Waals surface area contributed by atoms with E-state index in [1.54, 1.807) is 0 Å². The normalized spacial score (nSPS) is 30.0. The van der Waals surface area contributed by atoms with Crippen LogP contribution in [0.1, 0.15) is 44.6 Å². The summed E-state index contributed by atoms with van der Waals surface area (Å²) in [6.45, 7) is 4.19. The number of piperidine rings is 1. The first-order valence-corrected chi connectivity index (χ1v) is 9.27. The third kappa shape index (κ3) is 2.31. The fraction of sp³-hybridized carbons (Fsp3) is 0.650. The molecule has 24 heavy (non-hydrogen) atoms. The SMILES string of the molecule is CCO[C@H]1C[C@H](O)C12CCN(C(=O)C1(c3ccccc3)CC1)CC2. The molecule has 3 fully saturated rings. The third-order valence-electron chi connectivity index (χ3n) is 6.58. The van der Waals surface area contributed by atoms with Crippen LogP contribution in [0, 0.1) is 5.41 Å². The molecule has 1 aromatic rings. The highest BCUT2D eigenvalue weighted by Crippen LogP contribution is 2.53. The van der Waals surface area contributed by atoms with Gasteiger partial charge in [-0.15, -0.1) is 0 Å². The Hall–Kier alpha value is -1.39. The van der Waals surface area contributed by atoms with Crippen molar-refractivity contribution in [2.45, 2.75) is 56.7 Å². The molecular formula is C20H27NO3. The lowest BCUT2D eigenvalue weighted by atomic mass is 9.58. The van der Waals surface area contributed by atoms with Gasteiger partial charge in [0, 0.05) is 31.5 Å². The zero-order valence-electron chi connectivity index (χ0n) is 14.4. The van der Waals surface area contributed by atoms with Crippen molar-refractivity contribution in [2.75, 3.05) is 19.7 Å². The minimum atomic E-state index is -0.274. The van der Waals surface area contributed by atoms with Crippen LogP contribution in [0.3, 0.4) is 0 Å². The maximum atomic E-state index is 13.1. The van der Waals surface area contributed by atoms with E-state index in [0.717, 1.165) is 50.8 Å². The van der Waals surface area contributed by atoms with Gasteiger partial charge < -0.3 is 14.7 Å². The number of ether oxygens (including phenoxy) is 1. The van der Waals surface area contributed by atoms with Gasteiger partial charge in [-0.1, -0.05) is 30.3 Å². The van der Waals surface area contributed by atoms with E-state index in [0.29, 0.717) is 6.61 Å². The van der Waals surface area contributed by atoms with Gasteiger partial charge in [-0.05, 0) is 38.2 Å². The van der Waals surface area contributed by atoms with Gasteiger partial charge >= 0.3 is 0 Å². The molecule has 130 valence electrons. The number of amides is 1. The second-order valence-corrected chi connectivity index (χ2v) is 7.67. The van der Waals surface area contributed by atoms with Crippen molar-refractivity contribution in [1.82, 2.24) is 4.90 Å². The summed E-state index contributed by atoms with van der Waals surface area (Å²) < 4.78 is 5.82. The number of benzene rings is 1. The molecule has 0 aromatic heterocycles. The van der Waals surface area contributed by atoms with Crippen LogP contribution in [0.2, 0.25) is 0 Å². The van der Waals surface area contributed by atoms with Gasteiger partial charge in [-0.2, -0.15) is 0 Å². The Balaban J connectivity index is 1.44. The van der Waals surface area contributed by atoms with E-state index in [2.05, 4.69) is 12.1 Å². The summed E-state index contributed by atoms with van der Waals surface area (Å²) in [5, 5.41) is 10.3. The van der Waals surface area contributed by atoms with Crippen LogP contribution in [0.15, 0.2) is 30.3 Å². The summed E-state index contributed by atoms with van der Waals surface area (Å²) in [4.78, 5) is 15.1. The Kier molecular flexibility index (Phi) is 3.92. The number of hydrogen-bond donors (Lipinski definition) is 1. The van der Waals surface area contributed by atoms with E-state index in [4.69, 9.17) is 4.74 Å². The Morgan fingerprint density at radius 2 is 1.88 bits per heavy atom. The minimum Gasteiger partial charge on any atom is -0.392 e. The molecule has 2 atom stereocenters. The van der Waals surface area contributed by atoms with E-state index in [9.17, 15) is 9.90 Å². The second-order valence-electron chi connectivity index (χ2n) is 7.67. The van der Waals surface area contributed by atoms with Gasteiger partial charge in [-0.3, -0.25) is 4.79 Å². The molecule has 1 saturated heterocycles. The Bertz CT molecular complexity index is 601. The van der Waals surface area contributed by atoms with Gasteiger partial charge in [-0.25, -0.2) is 0 Å². The van der Waals surface area contributed by atoms with Crippen LogP contribution in [0.25, 0.3) is 0 Å². The summed E-state index contributed by atoms with van der Waals surface area (Å²) >= 11 is 0. The van der Waals surface area contributed by atoms with Crippen LogP contribution in [0.5, 0.6) is 0 Å². The van der Waals surface area contributed by atoms with Crippen LogP contribution in [0.4, 0.5) is 0 Å².